The van der Waals surface area contributed by atoms with E-state index in [2.05, 4.69) is 17.1 Å². The summed E-state index contributed by atoms with van der Waals surface area (Å²) >= 11 is 0. The molecule has 0 radical (unpaired) electrons. The number of hydrogen-bond acceptors (Lipinski definition) is 3. The number of nitrogens with one attached hydrogen (secondary N) is 1. The summed E-state index contributed by atoms with van der Waals surface area (Å²) in [5, 5.41) is 3.20. The smallest absolute Gasteiger partial charge is 0.230 e. The van der Waals surface area contributed by atoms with Crippen molar-refractivity contribution in [3.63, 3.8) is 0 Å². The van der Waals surface area contributed by atoms with Crippen LogP contribution in [0.4, 0.5) is 0 Å². The number of piperidine rings is 1. The molecule has 2 amide bonds. The van der Waals surface area contributed by atoms with Gasteiger partial charge in [0.25, 0.3) is 0 Å². The van der Waals surface area contributed by atoms with E-state index in [0.29, 0.717) is 32.5 Å². The number of benzene rings is 1. The van der Waals surface area contributed by atoms with E-state index in [1.54, 1.807) is 6.92 Å². The molecule has 26 heavy (non-hydrogen) atoms. The lowest BCUT2D eigenvalue weighted by Crippen LogP contribution is -2.53. The highest BCUT2D eigenvalue weighted by atomic mass is 16.2. The predicted octanol–water partition coefficient (Wildman–Crippen LogP) is 2.17. The first-order valence-corrected chi connectivity index (χ1v) is 9.90. The van der Waals surface area contributed by atoms with Crippen molar-refractivity contribution in [3.05, 3.63) is 35.9 Å². The van der Waals surface area contributed by atoms with E-state index in [4.69, 9.17) is 0 Å². The molecule has 5 nitrogen and oxygen atoms in total. The lowest BCUT2D eigenvalue weighted by Gasteiger charge is -2.41. The van der Waals surface area contributed by atoms with E-state index < -0.39 is 5.41 Å². The number of rotatable bonds is 7. The molecule has 142 valence electrons. The van der Waals surface area contributed by atoms with Gasteiger partial charge in [0.1, 0.15) is 0 Å². The van der Waals surface area contributed by atoms with Crippen LogP contribution in [0.3, 0.4) is 0 Å². The summed E-state index contributed by atoms with van der Waals surface area (Å²) in [5.74, 6) is 0.203. The van der Waals surface area contributed by atoms with Gasteiger partial charge in [-0.05, 0) is 37.8 Å². The Morgan fingerprint density at radius 1 is 1.19 bits per heavy atom. The second-order valence-corrected chi connectivity index (χ2v) is 7.57. The Morgan fingerprint density at radius 3 is 2.38 bits per heavy atom. The van der Waals surface area contributed by atoms with E-state index in [9.17, 15) is 9.59 Å². The van der Waals surface area contributed by atoms with E-state index >= 15 is 0 Å². The standard InChI is InChI=1S/C21H31N3O2/c1-3-23(19-9-10-19)16-13-22-20(26)21(18-7-5-4-6-8-18)11-14-24(15-12-21)17(2)25/h4-8,19H,3,9-16H2,1-2H3,(H,22,26). The highest BCUT2D eigenvalue weighted by molar-refractivity contribution is 5.88. The average molecular weight is 357 g/mol. The SMILES string of the molecule is CCN(CCNC(=O)C1(c2ccccc2)CCN(C(C)=O)CC1)C1CC1. The lowest BCUT2D eigenvalue weighted by atomic mass is 9.72. The molecule has 1 aliphatic carbocycles. The molecule has 1 heterocycles. The third-order valence-corrected chi connectivity index (χ3v) is 5.98. The zero-order valence-electron chi connectivity index (χ0n) is 16.0. The summed E-state index contributed by atoms with van der Waals surface area (Å²) in [4.78, 5) is 29.2. The molecule has 3 rings (SSSR count). The summed E-state index contributed by atoms with van der Waals surface area (Å²) in [7, 11) is 0. The van der Waals surface area contributed by atoms with Gasteiger partial charge in [-0.1, -0.05) is 37.3 Å². The molecule has 0 unspecified atom stereocenters. The molecule has 1 aromatic rings. The van der Waals surface area contributed by atoms with Gasteiger partial charge in [-0.25, -0.2) is 0 Å². The molecule has 0 spiro atoms. The molecule has 5 heteroatoms. The molecule has 2 aliphatic rings. The normalized spacial score (nSPS) is 19.4. The number of hydrogen-bond donors (Lipinski definition) is 1. The minimum absolute atomic E-state index is 0.0927. The van der Waals surface area contributed by atoms with Gasteiger partial charge in [0.05, 0.1) is 5.41 Å². The van der Waals surface area contributed by atoms with E-state index in [-0.39, 0.29) is 11.8 Å². The van der Waals surface area contributed by atoms with Gasteiger partial charge >= 0.3 is 0 Å². The first-order chi connectivity index (χ1) is 12.6. The van der Waals surface area contributed by atoms with E-state index in [0.717, 1.165) is 24.7 Å². The Balaban J connectivity index is 1.67. The van der Waals surface area contributed by atoms with Crippen molar-refractivity contribution in [2.24, 2.45) is 0 Å². The molecular weight excluding hydrogens is 326 g/mol. The van der Waals surface area contributed by atoms with Gasteiger partial charge < -0.3 is 10.2 Å². The third kappa shape index (κ3) is 4.09. The van der Waals surface area contributed by atoms with Crippen molar-refractivity contribution in [1.29, 1.82) is 0 Å². The van der Waals surface area contributed by atoms with Gasteiger partial charge in [-0.15, -0.1) is 0 Å². The third-order valence-electron chi connectivity index (χ3n) is 5.98. The first kappa shape index (κ1) is 18.9. The van der Waals surface area contributed by atoms with Crippen LogP contribution in [0.25, 0.3) is 0 Å². The molecule has 0 atom stereocenters. The van der Waals surface area contributed by atoms with Crippen molar-refractivity contribution < 1.29 is 9.59 Å². The van der Waals surface area contributed by atoms with Crippen molar-refractivity contribution in [1.82, 2.24) is 15.1 Å². The highest BCUT2D eigenvalue weighted by Gasteiger charge is 2.43. The average Bonchev–Trinajstić information content (AvgIpc) is 3.51. The number of carbonyl (C=O) groups is 2. The number of likely N-dealkylation sites (tertiary alicyclic amines) is 1. The van der Waals surface area contributed by atoms with Crippen LogP contribution in [0.1, 0.15) is 45.1 Å². The fourth-order valence-electron chi connectivity index (χ4n) is 4.13. The van der Waals surface area contributed by atoms with Crippen LogP contribution in [0.5, 0.6) is 0 Å². The lowest BCUT2D eigenvalue weighted by molar-refractivity contribution is -0.135. The predicted molar refractivity (Wildman–Crippen MR) is 103 cm³/mol. The zero-order chi connectivity index (χ0) is 18.6. The van der Waals surface area contributed by atoms with Crippen LogP contribution < -0.4 is 5.32 Å². The second-order valence-electron chi connectivity index (χ2n) is 7.57. The quantitative estimate of drug-likeness (QED) is 0.814. The highest BCUT2D eigenvalue weighted by Crippen LogP contribution is 2.36. The van der Waals surface area contributed by atoms with Gasteiger partial charge in [0.2, 0.25) is 11.8 Å². The monoisotopic (exact) mass is 357 g/mol. The molecule has 1 aromatic carbocycles. The van der Waals surface area contributed by atoms with Crippen LogP contribution in [-0.4, -0.2) is 60.4 Å². The van der Waals surface area contributed by atoms with Gasteiger partial charge in [0.15, 0.2) is 0 Å². The van der Waals surface area contributed by atoms with Crippen LogP contribution >= 0.6 is 0 Å². The molecule has 2 fully saturated rings. The van der Waals surface area contributed by atoms with Gasteiger partial charge in [0, 0.05) is 39.1 Å². The summed E-state index contributed by atoms with van der Waals surface area (Å²) in [6, 6.07) is 10.8. The Bertz CT molecular complexity index is 619. The summed E-state index contributed by atoms with van der Waals surface area (Å²) in [6.07, 6.45) is 3.94. The van der Waals surface area contributed by atoms with Crippen molar-refractivity contribution >= 4 is 11.8 Å². The first-order valence-electron chi connectivity index (χ1n) is 9.90. The number of carbonyl (C=O) groups excluding carboxylic acids is 2. The Hall–Kier alpha value is -1.88. The van der Waals surface area contributed by atoms with Crippen LogP contribution in [0.15, 0.2) is 30.3 Å². The summed E-state index contributed by atoms with van der Waals surface area (Å²) in [6.45, 7) is 7.71. The number of likely N-dealkylation sites (N-methyl/N-ethyl adjacent to an activating group) is 1. The molecule has 0 bridgehead atoms. The Morgan fingerprint density at radius 2 is 1.85 bits per heavy atom. The largest absolute Gasteiger partial charge is 0.354 e. The molecule has 1 saturated carbocycles. The Labute approximate surface area is 156 Å². The molecule has 0 aromatic heterocycles. The minimum Gasteiger partial charge on any atom is -0.354 e. The summed E-state index contributed by atoms with van der Waals surface area (Å²) < 4.78 is 0. The maximum absolute atomic E-state index is 13.2. The van der Waals surface area contributed by atoms with Crippen molar-refractivity contribution in [2.45, 2.75) is 51.0 Å². The van der Waals surface area contributed by atoms with Crippen molar-refractivity contribution in [2.75, 3.05) is 32.7 Å². The molecular formula is C21H31N3O2. The van der Waals surface area contributed by atoms with Crippen LogP contribution in [0, 0.1) is 0 Å². The van der Waals surface area contributed by atoms with Gasteiger partial charge in [-0.3, -0.25) is 14.5 Å². The van der Waals surface area contributed by atoms with E-state index in [1.165, 1.54) is 12.8 Å². The summed E-state index contributed by atoms with van der Waals surface area (Å²) in [5.41, 5.74) is 0.541. The number of nitrogens with zero attached hydrogens (tertiary/aromatic N) is 2. The molecule has 1 N–H and O–H groups in total. The fraction of sp³-hybridized carbons (Fsp3) is 0.619. The fourth-order valence-corrected chi connectivity index (χ4v) is 4.13. The van der Waals surface area contributed by atoms with Crippen LogP contribution in [0.2, 0.25) is 0 Å². The van der Waals surface area contributed by atoms with Gasteiger partial charge in [-0.2, -0.15) is 0 Å². The topological polar surface area (TPSA) is 52.7 Å². The number of amides is 2. The Kier molecular flexibility index (Phi) is 5.97. The minimum atomic E-state index is -0.524. The zero-order valence-corrected chi connectivity index (χ0v) is 16.0. The maximum atomic E-state index is 13.2. The van der Waals surface area contributed by atoms with E-state index in [1.807, 2.05) is 35.2 Å². The van der Waals surface area contributed by atoms with Crippen molar-refractivity contribution in [3.8, 4) is 0 Å². The molecule has 1 aliphatic heterocycles. The second kappa shape index (κ2) is 8.21. The maximum Gasteiger partial charge on any atom is 0.230 e. The molecule has 1 saturated heterocycles. The van der Waals surface area contributed by atoms with Crippen LogP contribution in [-0.2, 0) is 15.0 Å².